The summed E-state index contributed by atoms with van der Waals surface area (Å²) >= 11 is 6.07. The number of carbonyl (C=O) groups is 1. The lowest BCUT2D eigenvalue weighted by molar-refractivity contribution is 0.0935. The van der Waals surface area contributed by atoms with Crippen LogP contribution in [0.3, 0.4) is 0 Å². The Bertz CT molecular complexity index is 2050. The Labute approximate surface area is 318 Å². The van der Waals surface area contributed by atoms with E-state index < -0.39 is 6.17 Å². The molecule has 14 heteroatoms. The summed E-state index contributed by atoms with van der Waals surface area (Å²) in [6, 6.07) is 19.8. The van der Waals surface area contributed by atoms with E-state index >= 15 is 0 Å². The highest BCUT2D eigenvalue weighted by Gasteiger charge is 2.26. The van der Waals surface area contributed by atoms with Gasteiger partial charge in [-0.25, -0.2) is 0 Å². The van der Waals surface area contributed by atoms with Crippen LogP contribution >= 0.6 is 11.6 Å². The molecule has 2 heterocycles. The third-order valence-electron chi connectivity index (χ3n) is 8.83. The van der Waals surface area contributed by atoms with Crippen LogP contribution in [0.4, 0.5) is 5.69 Å². The van der Waals surface area contributed by atoms with Crippen molar-refractivity contribution < 1.29 is 47.2 Å². The first kappa shape index (κ1) is 37.8. The largest absolute Gasteiger partial charge is 0.493 e. The molecule has 0 spiro atoms. The first-order valence-corrected chi connectivity index (χ1v) is 17.5. The monoisotopic (exact) mass is 759 g/mol. The second-order valence-corrected chi connectivity index (χ2v) is 12.5. The van der Waals surface area contributed by atoms with E-state index in [1.807, 2.05) is 36.4 Å². The van der Waals surface area contributed by atoms with Crippen molar-refractivity contribution in [2.75, 3.05) is 61.2 Å². The Morgan fingerprint density at radius 3 is 1.91 bits per heavy atom. The van der Waals surface area contributed by atoms with Crippen LogP contribution in [-0.4, -0.2) is 66.9 Å². The summed E-state index contributed by atoms with van der Waals surface area (Å²) in [4.78, 5) is 12.7. The summed E-state index contributed by atoms with van der Waals surface area (Å²) in [5, 5.41) is 11.1. The number of fused-ring (bicyclic) bond motifs is 1. The minimum atomic E-state index is -0.433. The quantitative estimate of drug-likeness (QED) is 0.0883. The van der Waals surface area contributed by atoms with E-state index in [1.165, 1.54) is 0 Å². The highest BCUT2D eigenvalue weighted by molar-refractivity contribution is 6.31. The van der Waals surface area contributed by atoms with Crippen molar-refractivity contribution in [3.05, 3.63) is 82.9 Å². The summed E-state index contributed by atoms with van der Waals surface area (Å²) in [5.41, 5.74) is 4.03. The molecule has 284 valence electrons. The molecule has 54 heavy (non-hydrogen) atoms. The van der Waals surface area contributed by atoms with E-state index in [0.29, 0.717) is 92.5 Å². The van der Waals surface area contributed by atoms with Crippen molar-refractivity contribution >= 4 is 23.2 Å². The second kappa shape index (κ2) is 17.3. The van der Waals surface area contributed by atoms with E-state index in [4.69, 9.17) is 54.0 Å². The smallest absolute Gasteiger partial charge is 0.255 e. The van der Waals surface area contributed by atoms with Crippen LogP contribution < -0.4 is 48.5 Å². The molecule has 1 amide bonds. The number of anilines is 1. The average Bonchev–Trinajstić information content (AvgIpc) is 3.70. The van der Waals surface area contributed by atoms with E-state index in [1.54, 1.807) is 73.0 Å². The van der Waals surface area contributed by atoms with E-state index in [0.717, 1.165) is 30.4 Å². The number of amides is 1. The molecule has 0 aliphatic carbocycles. The molecule has 0 bridgehead atoms. The third-order valence-corrected chi connectivity index (χ3v) is 9.07. The summed E-state index contributed by atoms with van der Waals surface area (Å²) in [5.74, 6) is 4.45. The molecular formula is C40H42ClN3O10. The fraction of sp³-hybridized carbons (Fsp3) is 0.300. The van der Waals surface area contributed by atoms with Gasteiger partial charge in [0, 0.05) is 27.9 Å². The number of hydrogen-bond acceptors (Lipinski definition) is 12. The molecule has 13 nitrogen and oxygen atoms in total. The summed E-state index contributed by atoms with van der Waals surface area (Å²) < 4.78 is 51.4. The van der Waals surface area contributed by atoms with Gasteiger partial charge < -0.3 is 53.1 Å². The molecule has 0 fully saturated rings. The average molecular weight is 760 g/mol. The molecule has 1 aromatic heterocycles. The fourth-order valence-corrected chi connectivity index (χ4v) is 6.23. The van der Waals surface area contributed by atoms with Crippen LogP contribution in [0.1, 0.15) is 41.3 Å². The van der Waals surface area contributed by atoms with Gasteiger partial charge in [0.15, 0.2) is 40.3 Å². The fourth-order valence-electron chi connectivity index (χ4n) is 6.06. The van der Waals surface area contributed by atoms with Gasteiger partial charge in [-0.2, -0.15) is 0 Å². The van der Waals surface area contributed by atoms with Crippen LogP contribution in [0.5, 0.6) is 46.0 Å². The normalized spacial score (nSPS) is 13.2. The lowest BCUT2D eigenvalue weighted by Crippen LogP contribution is -2.38. The number of benzene rings is 4. The third kappa shape index (κ3) is 8.16. The number of nitrogens with zero attached hydrogens (tertiary/aromatic N) is 1. The number of unbranched alkanes of at least 4 members (excludes halogenated alkanes) is 2. The number of halogens is 1. The minimum Gasteiger partial charge on any atom is -0.493 e. The van der Waals surface area contributed by atoms with Crippen LogP contribution in [0.25, 0.3) is 22.6 Å². The van der Waals surface area contributed by atoms with Crippen molar-refractivity contribution in [2.45, 2.75) is 25.4 Å². The predicted molar refractivity (Wildman–Crippen MR) is 203 cm³/mol. The summed E-state index contributed by atoms with van der Waals surface area (Å²) in [6.07, 6.45) is 1.98. The van der Waals surface area contributed by atoms with Crippen LogP contribution in [0.2, 0.25) is 5.02 Å². The molecule has 1 aliphatic heterocycles. The van der Waals surface area contributed by atoms with Crippen molar-refractivity contribution in [1.82, 2.24) is 10.5 Å². The van der Waals surface area contributed by atoms with Gasteiger partial charge in [0.05, 0.1) is 61.4 Å². The number of hydrogen-bond donors (Lipinski definition) is 2. The maximum Gasteiger partial charge on any atom is 0.255 e. The molecule has 0 saturated carbocycles. The maximum absolute atomic E-state index is 12.7. The molecule has 1 atom stereocenters. The Morgan fingerprint density at radius 1 is 0.630 bits per heavy atom. The maximum atomic E-state index is 12.7. The van der Waals surface area contributed by atoms with Gasteiger partial charge in [0.25, 0.3) is 5.91 Å². The second-order valence-electron chi connectivity index (χ2n) is 12.1. The molecular weight excluding hydrogens is 718 g/mol. The highest BCUT2D eigenvalue weighted by atomic mass is 35.5. The van der Waals surface area contributed by atoms with Gasteiger partial charge in [-0.3, -0.25) is 4.79 Å². The summed E-state index contributed by atoms with van der Waals surface area (Å²) in [6.45, 7) is 0.923. The zero-order valence-electron chi connectivity index (χ0n) is 30.9. The van der Waals surface area contributed by atoms with Gasteiger partial charge in [-0.1, -0.05) is 22.8 Å². The molecule has 6 rings (SSSR count). The van der Waals surface area contributed by atoms with Crippen molar-refractivity contribution in [3.8, 4) is 68.6 Å². The van der Waals surface area contributed by atoms with Gasteiger partial charge in [0.2, 0.25) is 11.5 Å². The first-order chi connectivity index (χ1) is 26.3. The van der Waals surface area contributed by atoms with E-state index in [9.17, 15) is 4.79 Å². The van der Waals surface area contributed by atoms with Crippen molar-refractivity contribution in [1.29, 1.82) is 0 Å². The van der Waals surface area contributed by atoms with Gasteiger partial charge >= 0.3 is 0 Å². The Morgan fingerprint density at radius 2 is 1.26 bits per heavy atom. The highest BCUT2D eigenvalue weighted by Crippen LogP contribution is 2.44. The van der Waals surface area contributed by atoms with E-state index in [-0.39, 0.29) is 5.91 Å². The van der Waals surface area contributed by atoms with Crippen LogP contribution in [0.15, 0.2) is 71.3 Å². The number of methoxy groups -OCH3 is 6. The molecule has 1 unspecified atom stereocenters. The molecule has 0 saturated heterocycles. The molecule has 5 aromatic rings. The topological polar surface area (TPSA) is 141 Å². The Kier molecular flexibility index (Phi) is 12.1. The summed E-state index contributed by atoms with van der Waals surface area (Å²) in [7, 11) is 9.40. The van der Waals surface area contributed by atoms with Gasteiger partial charge in [-0.05, 0) is 79.4 Å². The zero-order chi connectivity index (χ0) is 38.2. The number of aromatic nitrogens is 1. The number of rotatable bonds is 17. The molecule has 4 aromatic carbocycles. The van der Waals surface area contributed by atoms with Crippen molar-refractivity contribution in [2.24, 2.45) is 0 Å². The van der Waals surface area contributed by atoms with Crippen LogP contribution in [0, 0.1) is 0 Å². The SMILES string of the molecule is COc1cc(C2NC(=O)c3cc(Cl)ccc3N2)ccc1OCCCCCOc1c(OC)cc(-c2cc(-c3cc(OC)c(OC)c(OC)c3)no2)cc1OC. The van der Waals surface area contributed by atoms with Crippen LogP contribution in [-0.2, 0) is 0 Å². The lowest BCUT2D eigenvalue weighted by Gasteiger charge is -2.28. The zero-order valence-corrected chi connectivity index (χ0v) is 31.6. The van der Waals surface area contributed by atoms with E-state index in [2.05, 4.69) is 15.8 Å². The Balaban J connectivity index is 1.02. The standard InChI is InChI=1S/C40H42ClN3O10/c1-46-32-16-23(39-42-28-12-11-26(41)21-27(28)40(45)43-39)10-13-30(32)52-14-8-7-9-15-53-38-35(49-4)19-25(20-36(38)50-5)31-22-29(44-54-31)24-17-33(47-2)37(51-6)34(18-24)48-3/h10-13,16-22,39,42H,7-9,14-15H2,1-6H3,(H,43,45). The molecule has 2 N–H and O–H groups in total. The minimum absolute atomic E-state index is 0.205. The van der Waals surface area contributed by atoms with Crippen molar-refractivity contribution in [3.63, 3.8) is 0 Å². The number of ether oxygens (including phenoxy) is 8. The first-order valence-electron chi connectivity index (χ1n) is 17.1. The van der Waals surface area contributed by atoms with Gasteiger partial charge in [-0.15, -0.1) is 0 Å². The molecule has 0 radical (unpaired) electrons. The number of carbonyl (C=O) groups excluding carboxylic acids is 1. The van der Waals surface area contributed by atoms with Gasteiger partial charge in [0.1, 0.15) is 11.9 Å². The number of nitrogens with one attached hydrogen (secondary N) is 2. The Hall–Kier alpha value is -5.95. The predicted octanol–water partition coefficient (Wildman–Crippen LogP) is 8.20. The molecule has 1 aliphatic rings. The lowest BCUT2D eigenvalue weighted by atomic mass is 10.1.